The molecule has 0 aliphatic carbocycles. The SMILES string of the molecule is CCNCCOCCOc1ccc(F)cc1. The Morgan fingerprint density at radius 2 is 1.88 bits per heavy atom. The fourth-order valence-corrected chi connectivity index (χ4v) is 1.17. The van der Waals surface area contributed by atoms with E-state index in [0.29, 0.717) is 25.6 Å². The Morgan fingerprint density at radius 3 is 2.56 bits per heavy atom. The van der Waals surface area contributed by atoms with E-state index >= 15 is 0 Å². The molecule has 0 aromatic heterocycles. The molecule has 0 fully saturated rings. The lowest BCUT2D eigenvalue weighted by atomic mass is 10.3. The third-order valence-electron chi connectivity index (χ3n) is 1.98. The summed E-state index contributed by atoms with van der Waals surface area (Å²) in [7, 11) is 0. The Labute approximate surface area is 95.6 Å². The van der Waals surface area contributed by atoms with Crippen LogP contribution in [0.1, 0.15) is 6.92 Å². The average Bonchev–Trinajstić information content (AvgIpc) is 2.30. The Balaban J connectivity index is 2.01. The van der Waals surface area contributed by atoms with E-state index < -0.39 is 0 Å². The van der Waals surface area contributed by atoms with Crippen molar-refractivity contribution in [3.05, 3.63) is 30.1 Å². The van der Waals surface area contributed by atoms with Gasteiger partial charge in [-0.3, -0.25) is 0 Å². The standard InChI is InChI=1S/C12H18FNO2/c1-2-14-7-8-15-9-10-16-12-5-3-11(13)4-6-12/h3-6,14H,2,7-10H2,1H3. The lowest BCUT2D eigenvalue weighted by molar-refractivity contribution is 0.102. The van der Waals surface area contributed by atoms with Crippen molar-refractivity contribution in [3.8, 4) is 5.75 Å². The van der Waals surface area contributed by atoms with Crippen LogP contribution in [0.2, 0.25) is 0 Å². The lowest BCUT2D eigenvalue weighted by Crippen LogP contribution is -2.20. The van der Waals surface area contributed by atoms with Gasteiger partial charge in [-0.1, -0.05) is 6.92 Å². The molecule has 0 radical (unpaired) electrons. The first-order valence-electron chi connectivity index (χ1n) is 5.49. The van der Waals surface area contributed by atoms with Crippen molar-refractivity contribution < 1.29 is 13.9 Å². The molecule has 1 aromatic rings. The van der Waals surface area contributed by atoms with Crippen molar-refractivity contribution in [3.63, 3.8) is 0 Å². The van der Waals surface area contributed by atoms with Crippen LogP contribution in [0.5, 0.6) is 5.75 Å². The van der Waals surface area contributed by atoms with E-state index in [1.54, 1.807) is 12.1 Å². The third-order valence-corrected chi connectivity index (χ3v) is 1.98. The maximum absolute atomic E-state index is 12.6. The summed E-state index contributed by atoms with van der Waals surface area (Å²) in [6.07, 6.45) is 0. The number of hydrogen-bond acceptors (Lipinski definition) is 3. The zero-order valence-electron chi connectivity index (χ0n) is 9.54. The molecule has 0 saturated heterocycles. The second kappa shape index (κ2) is 8.07. The zero-order valence-corrected chi connectivity index (χ0v) is 9.54. The number of benzene rings is 1. The Morgan fingerprint density at radius 1 is 1.12 bits per heavy atom. The topological polar surface area (TPSA) is 30.5 Å². The molecule has 0 spiro atoms. The van der Waals surface area contributed by atoms with Crippen LogP contribution in [0.4, 0.5) is 4.39 Å². The number of ether oxygens (including phenoxy) is 2. The average molecular weight is 227 g/mol. The summed E-state index contributed by atoms with van der Waals surface area (Å²) in [6, 6.07) is 5.96. The second-order valence-electron chi connectivity index (χ2n) is 3.27. The second-order valence-corrected chi connectivity index (χ2v) is 3.27. The number of nitrogens with one attached hydrogen (secondary N) is 1. The molecule has 1 aromatic carbocycles. The molecule has 0 bridgehead atoms. The molecule has 0 heterocycles. The maximum atomic E-state index is 12.6. The van der Waals surface area contributed by atoms with Crippen LogP contribution in [0, 0.1) is 5.82 Å². The Bertz CT molecular complexity index is 277. The maximum Gasteiger partial charge on any atom is 0.123 e. The predicted octanol–water partition coefficient (Wildman–Crippen LogP) is 1.83. The molecule has 0 unspecified atom stereocenters. The first-order valence-corrected chi connectivity index (χ1v) is 5.49. The van der Waals surface area contributed by atoms with E-state index in [2.05, 4.69) is 12.2 Å². The van der Waals surface area contributed by atoms with Crippen molar-refractivity contribution in [2.24, 2.45) is 0 Å². The fraction of sp³-hybridized carbons (Fsp3) is 0.500. The summed E-state index contributed by atoms with van der Waals surface area (Å²) < 4.78 is 23.2. The van der Waals surface area contributed by atoms with Crippen LogP contribution in [-0.4, -0.2) is 32.9 Å². The number of likely N-dealkylation sites (N-methyl/N-ethyl adjacent to an activating group) is 1. The van der Waals surface area contributed by atoms with Crippen LogP contribution in [0.25, 0.3) is 0 Å². The van der Waals surface area contributed by atoms with Gasteiger partial charge in [-0.05, 0) is 30.8 Å². The van der Waals surface area contributed by atoms with Crippen LogP contribution >= 0.6 is 0 Å². The molecule has 1 rings (SSSR count). The highest BCUT2D eigenvalue weighted by atomic mass is 19.1. The molecule has 1 N–H and O–H groups in total. The van der Waals surface area contributed by atoms with Gasteiger partial charge < -0.3 is 14.8 Å². The minimum absolute atomic E-state index is 0.255. The van der Waals surface area contributed by atoms with Crippen LogP contribution in [-0.2, 0) is 4.74 Å². The van der Waals surface area contributed by atoms with Crippen molar-refractivity contribution >= 4 is 0 Å². The van der Waals surface area contributed by atoms with Crippen molar-refractivity contribution in [2.45, 2.75) is 6.92 Å². The van der Waals surface area contributed by atoms with E-state index in [1.807, 2.05) is 0 Å². The first-order chi connectivity index (χ1) is 7.83. The highest BCUT2D eigenvalue weighted by molar-refractivity contribution is 5.21. The van der Waals surface area contributed by atoms with Gasteiger partial charge in [0.05, 0.1) is 13.2 Å². The van der Waals surface area contributed by atoms with Gasteiger partial charge in [0.15, 0.2) is 0 Å². The normalized spacial score (nSPS) is 10.4. The van der Waals surface area contributed by atoms with Gasteiger partial charge in [-0.25, -0.2) is 4.39 Å². The van der Waals surface area contributed by atoms with Crippen molar-refractivity contribution in [1.29, 1.82) is 0 Å². The largest absolute Gasteiger partial charge is 0.491 e. The molecule has 90 valence electrons. The molecule has 3 nitrogen and oxygen atoms in total. The molecule has 16 heavy (non-hydrogen) atoms. The molecular formula is C12H18FNO2. The van der Waals surface area contributed by atoms with E-state index in [0.717, 1.165) is 13.1 Å². The van der Waals surface area contributed by atoms with Gasteiger partial charge in [0.1, 0.15) is 18.2 Å². The Kier molecular flexibility index (Phi) is 6.53. The molecule has 0 amide bonds. The van der Waals surface area contributed by atoms with E-state index in [9.17, 15) is 4.39 Å². The molecule has 4 heteroatoms. The summed E-state index contributed by atoms with van der Waals surface area (Å²) in [5.74, 6) is 0.408. The quantitative estimate of drug-likeness (QED) is 0.687. The minimum atomic E-state index is -0.255. The molecule has 0 saturated carbocycles. The zero-order chi connectivity index (χ0) is 11.6. The van der Waals surface area contributed by atoms with Crippen LogP contribution < -0.4 is 10.1 Å². The summed E-state index contributed by atoms with van der Waals surface area (Å²) >= 11 is 0. The number of hydrogen-bond donors (Lipinski definition) is 1. The number of halogens is 1. The Hall–Kier alpha value is -1.13. The molecule has 0 aliphatic rings. The number of rotatable bonds is 8. The highest BCUT2D eigenvalue weighted by Crippen LogP contribution is 2.10. The van der Waals surface area contributed by atoms with E-state index in [1.165, 1.54) is 12.1 Å². The minimum Gasteiger partial charge on any atom is -0.491 e. The van der Waals surface area contributed by atoms with Gasteiger partial charge in [-0.15, -0.1) is 0 Å². The van der Waals surface area contributed by atoms with Crippen LogP contribution in [0.3, 0.4) is 0 Å². The molecule has 0 atom stereocenters. The molecule has 0 aliphatic heterocycles. The van der Waals surface area contributed by atoms with Crippen molar-refractivity contribution in [2.75, 3.05) is 32.9 Å². The van der Waals surface area contributed by atoms with Gasteiger partial charge in [0, 0.05) is 6.54 Å². The summed E-state index contributed by atoms with van der Waals surface area (Å²) in [4.78, 5) is 0. The smallest absolute Gasteiger partial charge is 0.123 e. The van der Waals surface area contributed by atoms with Gasteiger partial charge in [-0.2, -0.15) is 0 Å². The molecular weight excluding hydrogens is 209 g/mol. The third kappa shape index (κ3) is 5.68. The monoisotopic (exact) mass is 227 g/mol. The summed E-state index contributed by atoms with van der Waals surface area (Å²) in [5, 5.41) is 3.16. The van der Waals surface area contributed by atoms with Crippen molar-refractivity contribution in [1.82, 2.24) is 5.32 Å². The van der Waals surface area contributed by atoms with E-state index in [4.69, 9.17) is 9.47 Å². The van der Waals surface area contributed by atoms with Gasteiger partial charge in [0.25, 0.3) is 0 Å². The first kappa shape index (κ1) is 12.9. The van der Waals surface area contributed by atoms with Gasteiger partial charge >= 0.3 is 0 Å². The summed E-state index contributed by atoms with van der Waals surface area (Å²) in [6.45, 7) is 5.57. The fourth-order valence-electron chi connectivity index (χ4n) is 1.17. The predicted molar refractivity (Wildman–Crippen MR) is 61.3 cm³/mol. The van der Waals surface area contributed by atoms with E-state index in [-0.39, 0.29) is 5.82 Å². The van der Waals surface area contributed by atoms with Gasteiger partial charge in [0.2, 0.25) is 0 Å². The van der Waals surface area contributed by atoms with Crippen LogP contribution in [0.15, 0.2) is 24.3 Å². The highest BCUT2D eigenvalue weighted by Gasteiger charge is 1.94. The summed E-state index contributed by atoms with van der Waals surface area (Å²) in [5.41, 5.74) is 0. The lowest BCUT2D eigenvalue weighted by Gasteiger charge is -2.07.